The first-order valence-electron chi connectivity index (χ1n) is 6.98. The Morgan fingerprint density at radius 1 is 1.11 bits per heavy atom. The van der Waals surface area contributed by atoms with Crippen LogP contribution in [0.5, 0.6) is 0 Å². The first kappa shape index (κ1) is 16.3. The molecule has 0 unspecified atom stereocenters. The molecule has 0 atom stereocenters. The smallest absolute Gasteiger partial charge is 0.173 e. The maximum atomic E-state index is 5.88. The third kappa shape index (κ3) is 6.26. The van der Waals surface area contributed by atoms with Crippen molar-refractivity contribution in [3.63, 3.8) is 0 Å². The van der Waals surface area contributed by atoms with Crippen LogP contribution in [0.15, 0.2) is 24.3 Å². The summed E-state index contributed by atoms with van der Waals surface area (Å²) in [5.74, 6) is 0. The van der Waals surface area contributed by atoms with Gasteiger partial charge in [0, 0.05) is 23.8 Å². The minimum Gasteiger partial charge on any atom is -0.349 e. The molecular weight excluding hydrogens is 276 g/mol. The van der Waals surface area contributed by atoms with Crippen molar-refractivity contribution in [2.24, 2.45) is 0 Å². The number of halogens is 1. The molecule has 1 rings (SSSR count). The maximum Gasteiger partial charge on any atom is 0.173 e. The average molecular weight is 299 g/mol. The number of rotatable bonds is 7. The first-order chi connectivity index (χ1) is 9.17. The molecule has 4 heteroatoms. The van der Waals surface area contributed by atoms with Crippen LogP contribution < -0.4 is 5.32 Å². The fourth-order valence-corrected chi connectivity index (χ4v) is 2.18. The Morgan fingerprint density at radius 2 is 1.63 bits per heavy atom. The minimum absolute atomic E-state index is 0.741. The van der Waals surface area contributed by atoms with Gasteiger partial charge in [-0.1, -0.05) is 38.3 Å². The summed E-state index contributed by atoms with van der Waals surface area (Å²) in [4.78, 5) is 2.26. The third-order valence-corrected chi connectivity index (χ3v) is 3.56. The highest BCUT2D eigenvalue weighted by atomic mass is 35.5. The minimum atomic E-state index is 0.741. The van der Waals surface area contributed by atoms with E-state index in [-0.39, 0.29) is 0 Å². The van der Waals surface area contributed by atoms with Crippen LogP contribution in [0, 0.1) is 0 Å². The van der Waals surface area contributed by atoms with Gasteiger partial charge in [-0.3, -0.25) is 0 Å². The Bertz CT molecular complexity index is 370. The van der Waals surface area contributed by atoms with E-state index in [1.807, 2.05) is 24.3 Å². The number of hydrogen-bond acceptors (Lipinski definition) is 1. The van der Waals surface area contributed by atoms with Crippen molar-refractivity contribution in [3.05, 3.63) is 29.3 Å². The van der Waals surface area contributed by atoms with Crippen LogP contribution in [0.1, 0.15) is 39.5 Å². The Balaban J connectivity index is 2.56. The van der Waals surface area contributed by atoms with Crippen LogP contribution in [0.4, 0.5) is 5.69 Å². The molecule has 0 spiro atoms. The first-order valence-corrected chi connectivity index (χ1v) is 7.77. The van der Waals surface area contributed by atoms with Crippen molar-refractivity contribution >= 4 is 34.6 Å². The van der Waals surface area contributed by atoms with Crippen molar-refractivity contribution in [2.75, 3.05) is 18.4 Å². The largest absolute Gasteiger partial charge is 0.349 e. The van der Waals surface area contributed by atoms with Crippen molar-refractivity contribution in [2.45, 2.75) is 39.5 Å². The standard InChI is InChI=1S/C15H23ClN2S/c1-3-5-11-18(12-6-4-2)15(19)17-14-9-7-13(16)8-10-14/h7-10H,3-6,11-12H2,1-2H3,(H,17,19). The second-order valence-electron chi connectivity index (χ2n) is 4.63. The van der Waals surface area contributed by atoms with Gasteiger partial charge in [0.25, 0.3) is 0 Å². The summed E-state index contributed by atoms with van der Waals surface area (Å²) in [7, 11) is 0. The topological polar surface area (TPSA) is 15.3 Å². The molecule has 106 valence electrons. The molecular formula is C15H23ClN2S. The fourth-order valence-electron chi connectivity index (χ4n) is 1.75. The molecule has 0 fully saturated rings. The molecule has 19 heavy (non-hydrogen) atoms. The summed E-state index contributed by atoms with van der Waals surface area (Å²) in [6.45, 7) is 6.45. The van der Waals surface area contributed by atoms with Crippen LogP contribution in [0.3, 0.4) is 0 Å². The highest BCUT2D eigenvalue weighted by molar-refractivity contribution is 7.80. The molecule has 2 nitrogen and oxygen atoms in total. The second kappa shape index (κ2) is 9.16. The molecule has 0 bridgehead atoms. The van der Waals surface area contributed by atoms with Gasteiger partial charge in [0.2, 0.25) is 0 Å². The molecule has 0 radical (unpaired) electrons. The van der Waals surface area contributed by atoms with E-state index in [1.165, 1.54) is 25.7 Å². The van der Waals surface area contributed by atoms with Gasteiger partial charge in [0.15, 0.2) is 5.11 Å². The number of anilines is 1. The highest BCUT2D eigenvalue weighted by Crippen LogP contribution is 2.14. The van der Waals surface area contributed by atoms with Crippen molar-refractivity contribution in [3.8, 4) is 0 Å². The lowest BCUT2D eigenvalue weighted by atomic mass is 10.2. The van der Waals surface area contributed by atoms with Gasteiger partial charge in [0.1, 0.15) is 0 Å². The number of nitrogens with one attached hydrogen (secondary N) is 1. The van der Waals surface area contributed by atoms with E-state index in [2.05, 4.69) is 24.1 Å². The lowest BCUT2D eigenvalue weighted by Gasteiger charge is -2.25. The van der Waals surface area contributed by atoms with Crippen LogP contribution >= 0.6 is 23.8 Å². The van der Waals surface area contributed by atoms with Crippen molar-refractivity contribution in [1.82, 2.24) is 4.90 Å². The number of nitrogens with zero attached hydrogens (tertiary/aromatic N) is 1. The predicted octanol–water partition coefficient (Wildman–Crippen LogP) is 4.94. The van der Waals surface area contributed by atoms with Crippen LogP contribution in [-0.4, -0.2) is 23.1 Å². The summed E-state index contributed by atoms with van der Waals surface area (Å²) in [6.07, 6.45) is 4.72. The molecule has 0 aliphatic carbocycles. The number of unbranched alkanes of at least 4 members (excludes halogenated alkanes) is 2. The molecule has 1 aromatic carbocycles. The van der Waals surface area contributed by atoms with Gasteiger partial charge >= 0.3 is 0 Å². The molecule has 0 amide bonds. The average Bonchev–Trinajstić information content (AvgIpc) is 2.41. The van der Waals surface area contributed by atoms with E-state index in [1.54, 1.807) is 0 Å². The Kier molecular flexibility index (Phi) is 7.84. The SMILES string of the molecule is CCCCN(CCCC)C(=S)Nc1ccc(Cl)cc1. The summed E-state index contributed by atoms with van der Waals surface area (Å²) >= 11 is 11.4. The molecule has 0 aliphatic heterocycles. The molecule has 1 aromatic rings. The lowest BCUT2D eigenvalue weighted by molar-refractivity contribution is 0.403. The fraction of sp³-hybridized carbons (Fsp3) is 0.533. The normalized spacial score (nSPS) is 10.3. The van der Waals surface area contributed by atoms with Gasteiger partial charge in [-0.25, -0.2) is 0 Å². The Labute approximate surface area is 127 Å². The van der Waals surface area contributed by atoms with E-state index in [0.717, 1.165) is 28.9 Å². The van der Waals surface area contributed by atoms with Gasteiger partial charge in [-0.2, -0.15) is 0 Å². The molecule has 0 saturated heterocycles. The third-order valence-electron chi connectivity index (χ3n) is 2.95. The van der Waals surface area contributed by atoms with Gasteiger partial charge in [-0.05, 0) is 49.3 Å². The Morgan fingerprint density at radius 3 is 2.11 bits per heavy atom. The van der Waals surface area contributed by atoms with Crippen molar-refractivity contribution in [1.29, 1.82) is 0 Å². The van der Waals surface area contributed by atoms with Crippen LogP contribution in [0.25, 0.3) is 0 Å². The monoisotopic (exact) mass is 298 g/mol. The zero-order chi connectivity index (χ0) is 14.1. The molecule has 0 heterocycles. The predicted molar refractivity (Wildman–Crippen MR) is 89.1 cm³/mol. The zero-order valence-electron chi connectivity index (χ0n) is 11.8. The van der Waals surface area contributed by atoms with Crippen molar-refractivity contribution < 1.29 is 0 Å². The highest BCUT2D eigenvalue weighted by Gasteiger charge is 2.08. The zero-order valence-corrected chi connectivity index (χ0v) is 13.4. The second-order valence-corrected chi connectivity index (χ2v) is 5.45. The molecule has 1 N–H and O–H groups in total. The van der Waals surface area contributed by atoms with E-state index in [0.29, 0.717) is 0 Å². The lowest BCUT2D eigenvalue weighted by Crippen LogP contribution is -2.36. The number of thiocarbonyl (C=S) groups is 1. The van der Waals surface area contributed by atoms with E-state index < -0.39 is 0 Å². The Hall–Kier alpha value is -0.800. The summed E-state index contributed by atoms with van der Waals surface area (Å²) < 4.78 is 0. The van der Waals surface area contributed by atoms with E-state index in [9.17, 15) is 0 Å². The van der Waals surface area contributed by atoms with Gasteiger partial charge in [-0.15, -0.1) is 0 Å². The van der Waals surface area contributed by atoms with Gasteiger partial charge in [0.05, 0.1) is 0 Å². The van der Waals surface area contributed by atoms with E-state index in [4.69, 9.17) is 23.8 Å². The molecule has 0 aromatic heterocycles. The van der Waals surface area contributed by atoms with Crippen LogP contribution in [0.2, 0.25) is 5.02 Å². The quantitative estimate of drug-likeness (QED) is 0.718. The van der Waals surface area contributed by atoms with E-state index >= 15 is 0 Å². The maximum absolute atomic E-state index is 5.88. The van der Waals surface area contributed by atoms with Crippen LogP contribution in [-0.2, 0) is 0 Å². The summed E-state index contributed by atoms with van der Waals surface area (Å²) in [5, 5.41) is 4.84. The van der Waals surface area contributed by atoms with Gasteiger partial charge < -0.3 is 10.2 Å². The summed E-state index contributed by atoms with van der Waals surface area (Å²) in [6, 6.07) is 7.64. The number of benzene rings is 1. The number of hydrogen-bond donors (Lipinski definition) is 1. The summed E-state index contributed by atoms with van der Waals surface area (Å²) in [5.41, 5.74) is 0.993. The molecule has 0 saturated carbocycles. The molecule has 0 aliphatic rings.